The van der Waals surface area contributed by atoms with Crippen molar-refractivity contribution < 1.29 is 14.6 Å². The number of anilines is 1. The van der Waals surface area contributed by atoms with Crippen molar-refractivity contribution >= 4 is 11.6 Å². The number of carbonyl (C=O) groups excluding carboxylic acids is 1. The zero-order chi connectivity index (χ0) is 14.0. The Hall–Kier alpha value is -1.66. The topological polar surface area (TPSA) is 88.7 Å². The van der Waals surface area contributed by atoms with Crippen molar-refractivity contribution in [2.75, 3.05) is 25.5 Å². The second-order valence-electron chi connectivity index (χ2n) is 4.85. The van der Waals surface area contributed by atoms with E-state index in [0.717, 1.165) is 0 Å². The Balaban J connectivity index is 2.24. The van der Waals surface area contributed by atoms with Gasteiger partial charge in [-0.1, -0.05) is 0 Å². The van der Waals surface area contributed by atoms with Gasteiger partial charge < -0.3 is 20.5 Å². The van der Waals surface area contributed by atoms with Crippen molar-refractivity contribution in [2.24, 2.45) is 0 Å². The van der Waals surface area contributed by atoms with Crippen molar-refractivity contribution in [1.29, 1.82) is 0 Å². The maximum Gasteiger partial charge on any atom is 0.256 e. The lowest BCUT2D eigenvalue weighted by Gasteiger charge is -2.37. The van der Waals surface area contributed by atoms with Gasteiger partial charge in [-0.2, -0.15) is 0 Å². The molecule has 1 aromatic heterocycles. The lowest BCUT2D eigenvalue weighted by atomic mass is 10.1. The minimum atomic E-state index is -0.325. The highest BCUT2D eigenvalue weighted by atomic mass is 16.5. The molecule has 6 nitrogen and oxygen atoms in total. The van der Waals surface area contributed by atoms with Gasteiger partial charge in [0.25, 0.3) is 5.91 Å². The number of amides is 1. The highest BCUT2D eigenvalue weighted by molar-refractivity contribution is 5.96. The van der Waals surface area contributed by atoms with Crippen LogP contribution in [0.25, 0.3) is 0 Å². The molecule has 1 aliphatic rings. The van der Waals surface area contributed by atoms with Gasteiger partial charge in [0.2, 0.25) is 0 Å². The van der Waals surface area contributed by atoms with Crippen LogP contribution in [0.15, 0.2) is 12.3 Å². The van der Waals surface area contributed by atoms with Crippen LogP contribution in [0.5, 0.6) is 0 Å². The average Bonchev–Trinajstić information content (AvgIpc) is 2.41. The number of carbonyl (C=O) groups is 1. The zero-order valence-corrected chi connectivity index (χ0v) is 11.2. The molecule has 2 rings (SSSR count). The first-order valence-corrected chi connectivity index (χ1v) is 6.28. The lowest BCUT2D eigenvalue weighted by Crippen LogP contribution is -2.52. The number of aliphatic hydroxyl groups excluding tert-OH is 1. The van der Waals surface area contributed by atoms with Gasteiger partial charge in [0, 0.05) is 6.54 Å². The van der Waals surface area contributed by atoms with Crippen LogP contribution < -0.4 is 5.73 Å². The summed E-state index contributed by atoms with van der Waals surface area (Å²) in [5.41, 5.74) is 7.31. The summed E-state index contributed by atoms with van der Waals surface area (Å²) in [5, 5.41) is 9.15. The fourth-order valence-corrected chi connectivity index (χ4v) is 2.13. The number of morpholine rings is 1. The number of rotatable bonds is 2. The molecular weight excluding hydrogens is 246 g/mol. The van der Waals surface area contributed by atoms with Gasteiger partial charge in [-0.3, -0.25) is 9.78 Å². The summed E-state index contributed by atoms with van der Waals surface area (Å²) < 4.78 is 5.43. The van der Waals surface area contributed by atoms with Crippen LogP contribution in [0, 0.1) is 6.92 Å². The standard InChI is InChI=1S/C13H19N3O3/c1-8-7-19-11(6-17)5-16(8)13(18)12-3-10(14)4-15-9(12)2/h3-4,8,11,17H,5-7,14H2,1-2H3. The molecule has 0 radical (unpaired) electrons. The van der Waals surface area contributed by atoms with Gasteiger partial charge in [-0.25, -0.2) is 0 Å². The first-order valence-electron chi connectivity index (χ1n) is 6.28. The summed E-state index contributed by atoms with van der Waals surface area (Å²) >= 11 is 0. The normalized spacial score (nSPS) is 23.4. The molecule has 0 saturated carbocycles. The van der Waals surface area contributed by atoms with E-state index in [0.29, 0.717) is 30.1 Å². The highest BCUT2D eigenvalue weighted by Gasteiger charge is 2.30. The Morgan fingerprint density at radius 1 is 1.68 bits per heavy atom. The van der Waals surface area contributed by atoms with Crippen molar-refractivity contribution in [3.05, 3.63) is 23.5 Å². The van der Waals surface area contributed by atoms with Gasteiger partial charge in [0.1, 0.15) is 0 Å². The molecule has 2 atom stereocenters. The minimum Gasteiger partial charge on any atom is -0.397 e. The second kappa shape index (κ2) is 5.54. The number of pyridine rings is 1. The fraction of sp³-hybridized carbons (Fsp3) is 0.538. The van der Waals surface area contributed by atoms with Crippen molar-refractivity contribution in [2.45, 2.75) is 26.0 Å². The van der Waals surface area contributed by atoms with Crippen LogP contribution in [0.4, 0.5) is 5.69 Å². The van der Waals surface area contributed by atoms with Gasteiger partial charge in [0.05, 0.1) is 48.5 Å². The number of hydrogen-bond acceptors (Lipinski definition) is 5. The number of nitrogens with two attached hydrogens (primary N) is 1. The van der Waals surface area contributed by atoms with Gasteiger partial charge in [0.15, 0.2) is 0 Å². The number of aliphatic hydroxyl groups is 1. The predicted octanol–water partition coefficient (Wildman–Crippen LogP) is 0.194. The van der Waals surface area contributed by atoms with E-state index < -0.39 is 0 Å². The van der Waals surface area contributed by atoms with E-state index in [-0.39, 0.29) is 24.7 Å². The molecule has 2 heterocycles. The fourth-order valence-electron chi connectivity index (χ4n) is 2.13. The molecule has 0 aromatic carbocycles. The summed E-state index contributed by atoms with van der Waals surface area (Å²) in [6.07, 6.45) is 1.21. The van der Waals surface area contributed by atoms with E-state index in [4.69, 9.17) is 15.6 Å². The Morgan fingerprint density at radius 2 is 2.42 bits per heavy atom. The van der Waals surface area contributed by atoms with Crippen molar-refractivity contribution in [3.63, 3.8) is 0 Å². The van der Waals surface area contributed by atoms with E-state index >= 15 is 0 Å². The molecule has 2 unspecified atom stereocenters. The Labute approximate surface area is 112 Å². The molecule has 1 fully saturated rings. The largest absolute Gasteiger partial charge is 0.397 e. The van der Waals surface area contributed by atoms with Crippen molar-refractivity contribution in [3.8, 4) is 0 Å². The van der Waals surface area contributed by atoms with Crippen LogP contribution in [-0.4, -0.2) is 52.8 Å². The molecule has 1 saturated heterocycles. The van der Waals surface area contributed by atoms with Crippen molar-refractivity contribution in [1.82, 2.24) is 9.88 Å². The molecule has 0 aliphatic carbocycles. The van der Waals surface area contributed by atoms with Gasteiger partial charge >= 0.3 is 0 Å². The molecule has 1 aromatic rings. The van der Waals surface area contributed by atoms with Gasteiger partial charge in [-0.05, 0) is 19.9 Å². The summed E-state index contributed by atoms with van der Waals surface area (Å²) in [6.45, 7) is 4.41. The molecule has 0 spiro atoms. The third-order valence-corrected chi connectivity index (χ3v) is 3.31. The number of nitrogens with zero attached hydrogens (tertiary/aromatic N) is 2. The quantitative estimate of drug-likeness (QED) is 0.797. The first-order chi connectivity index (χ1) is 9.02. The molecule has 19 heavy (non-hydrogen) atoms. The second-order valence-corrected chi connectivity index (χ2v) is 4.85. The highest BCUT2D eigenvalue weighted by Crippen LogP contribution is 2.18. The predicted molar refractivity (Wildman–Crippen MR) is 70.7 cm³/mol. The third-order valence-electron chi connectivity index (χ3n) is 3.31. The summed E-state index contributed by atoms with van der Waals surface area (Å²) in [6, 6.07) is 1.61. The summed E-state index contributed by atoms with van der Waals surface area (Å²) in [5.74, 6) is -0.119. The number of hydrogen-bond donors (Lipinski definition) is 2. The van der Waals surface area contributed by atoms with E-state index in [2.05, 4.69) is 4.98 Å². The number of aryl methyl sites for hydroxylation is 1. The van der Waals surface area contributed by atoms with Crippen LogP contribution in [0.3, 0.4) is 0 Å². The molecule has 1 aliphatic heterocycles. The molecule has 3 N–H and O–H groups in total. The third kappa shape index (κ3) is 2.85. The zero-order valence-electron chi connectivity index (χ0n) is 11.2. The average molecular weight is 265 g/mol. The SMILES string of the molecule is Cc1ncc(N)cc1C(=O)N1CC(CO)OCC1C. The van der Waals surface area contributed by atoms with E-state index in [1.807, 2.05) is 6.92 Å². The summed E-state index contributed by atoms with van der Waals surface area (Å²) in [7, 11) is 0. The summed E-state index contributed by atoms with van der Waals surface area (Å²) in [4.78, 5) is 18.3. The maximum absolute atomic E-state index is 12.5. The Bertz CT molecular complexity index is 478. The van der Waals surface area contributed by atoms with Crippen LogP contribution in [0.1, 0.15) is 23.0 Å². The number of nitrogen functional groups attached to an aromatic ring is 1. The number of ether oxygens (including phenoxy) is 1. The smallest absolute Gasteiger partial charge is 0.256 e. The van der Waals surface area contributed by atoms with Crippen LogP contribution in [-0.2, 0) is 4.74 Å². The molecular formula is C13H19N3O3. The molecule has 0 bridgehead atoms. The molecule has 104 valence electrons. The number of aromatic nitrogens is 1. The monoisotopic (exact) mass is 265 g/mol. The maximum atomic E-state index is 12.5. The molecule has 6 heteroatoms. The minimum absolute atomic E-state index is 0.0314. The Morgan fingerprint density at radius 3 is 3.11 bits per heavy atom. The van der Waals surface area contributed by atoms with E-state index in [9.17, 15) is 4.79 Å². The van der Waals surface area contributed by atoms with E-state index in [1.165, 1.54) is 6.20 Å². The van der Waals surface area contributed by atoms with Crippen LogP contribution >= 0.6 is 0 Å². The van der Waals surface area contributed by atoms with Gasteiger partial charge in [-0.15, -0.1) is 0 Å². The van der Waals surface area contributed by atoms with Crippen LogP contribution in [0.2, 0.25) is 0 Å². The molecule has 1 amide bonds. The first kappa shape index (κ1) is 13.8. The van der Waals surface area contributed by atoms with E-state index in [1.54, 1.807) is 17.9 Å². The lowest BCUT2D eigenvalue weighted by molar-refractivity contribution is -0.0667. The Kier molecular flexibility index (Phi) is 4.01.